The smallest absolute Gasteiger partial charge is 0.245 e. The molecule has 3 heterocycles. The zero-order valence-electron chi connectivity index (χ0n) is 26.6. The number of pyridine rings is 1. The van der Waals surface area contributed by atoms with E-state index in [2.05, 4.69) is 121 Å². The summed E-state index contributed by atoms with van der Waals surface area (Å²) in [5.41, 5.74) is 12.0. The van der Waals surface area contributed by atoms with E-state index < -0.39 is 5.79 Å². The highest BCUT2D eigenvalue weighted by Crippen LogP contribution is 2.47. The van der Waals surface area contributed by atoms with Gasteiger partial charge in [0.1, 0.15) is 22.7 Å². The molecule has 0 aliphatic carbocycles. The maximum atomic E-state index is 6.52. The first kappa shape index (κ1) is 28.1. The van der Waals surface area contributed by atoms with Crippen molar-refractivity contribution in [2.45, 2.75) is 19.6 Å². The summed E-state index contributed by atoms with van der Waals surface area (Å²) in [5, 5.41) is 2.20. The summed E-state index contributed by atoms with van der Waals surface area (Å²) in [6, 6.07) is 52.3. The molecule has 9 rings (SSSR count). The number of hydrogen-bond acceptors (Lipinski definition) is 4. The van der Waals surface area contributed by atoms with Gasteiger partial charge >= 0.3 is 0 Å². The van der Waals surface area contributed by atoms with Crippen molar-refractivity contribution in [2.75, 3.05) is 0 Å². The van der Waals surface area contributed by atoms with E-state index in [9.17, 15) is 0 Å². The molecular formula is C44H31NO3. The van der Waals surface area contributed by atoms with E-state index in [1.165, 1.54) is 0 Å². The Morgan fingerprint density at radius 1 is 0.438 bits per heavy atom. The topological polar surface area (TPSA) is 44.5 Å². The van der Waals surface area contributed by atoms with E-state index in [0.29, 0.717) is 0 Å². The Bertz CT molecular complexity index is 2420. The Morgan fingerprint density at radius 3 is 1.67 bits per heavy atom. The Labute approximate surface area is 278 Å². The molecule has 0 radical (unpaired) electrons. The molecule has 0 N–H and O–H groups in total. The number of furan rings is 1. The van der Waals surface area contributed by atoms with Crippen molar-refractivity contribution in [1.82, 2.24) is 4.98 Å². The van der Waals surface area contributed by atoms with Gasteiger partial charge in [0.25, 0.3) is 0 Å². The molecule has 2 aromatic heterocycles. The first-order valence-electron chi connectivity index (χ1n) is 16.2. The monoisotopic (exact) mass is 621 g/mol. The molecule has 0 unspecified atom stereocenters. The van der Waals surface area contributed by atoms with Crippen LogP contribution in [0.25, 0.3) is 77.8 Å². The lowest BCUT2D eigenvalue weighted by Crippen LogP contribution is -2.34. The lowest BCUT2D eigenvalue weighted by atomic mass is 9.93. The summed E-state index contributed by atoms with van der Waals surface area (Å²) in [7, 11) is 0. The number of hydrogen-bond donors (Lipinski definition) is 0. The molecule has 6 aromatic carbocycles. The van der Waals surface area contributed by atoms with Crippen LogP contribution in [-0.4, -0.2) is 10.8 Å². The molecule has 0 bridgehead atoms. The minimum atomic E-state index is -0.860. The normalized spacial score (nSPS) is 13.3. The third kappa shape index (κ3) is 4.90. The van der Waals surface area contributed by atoms with Gasteiger partial charge in [-0.3, -0.25) is 0 Å². The van der Waals surface area contributed by atoms with E-state index in [-0.39, 0.29) is 0 Å². The lowest BCUT2D eigenvalue weighted by molar-refractivity contribution is -0.0778. The maximum Gasteiger partial charge on any atom is 0.245 e. The molecule has 0 spiro atoms. The van der Waals surface area contributed by atoms with Crippen LogP contribution in [-0.2, 0) is 0 Å². The fourth-order valence-electron chi connectivity index (χ4n) is 6.78. The lowest BCUT2D eigenvalue weighted by Gasteiger charge is -2.25. The van der Waals surface area contributed by atoms with Gasteiger partial charge in [-0.15, -0.1) is 0 Å². The molecule has 1 aliphatic rings. The van der Waals surface area contributed by atoms with Crippen molar-refractivity contribution >= 4 is 21.9 Å². The SMILES string of the molecule is CC1(C)Oc2ccc(-c3cc(-c4ccccc4)nc(-c4ccccc4)c3)cc2-c2cc(-c3cccc4oc5ccccc5c34)ccc2O1. The summed E-state index contributed by atoms with van der Waals surface area (Å²) in [5.74, 6) is 0.683. The van der Waals surface area contributed by atoms with E-state index in [0.717, 1.165) is 89.3 Å². The maximum absolute atomic E-state index is 6.52. The zero-order chi connectivity index (χ0) is 32.2. The van der Waals surface area contributed by atoms with Gasteiger partial charge in [-0.1, -0.05) is 103 Å². The second-order valence-corrected chi connectivity index (χ2v) is 12.7. The van der Waals surface area contributed by atoms with Gasteiger partial charge in [0.2, 0.25) is 5.79 Å². The van der Waals surface area contributed by atoms with Gasteiger partial charge in [0.05, 0.1) is 11.4 Å². The highest BCUT2D eigenvalue weighted by atomic mass is 16.7. The number of rotatable bonds is 4. The van der Waals surface area contributed by atoms with Gasteiger partial charge < -0.3 is 13.9 Å². The minimum Gasteiger partial charge on any atom is -0.456 e. The van der Waals surface area contributed by atoms with E-state index >= 15 is 0 Å². The Hall–Kier alpha value is -6.13. The number of para-hydroxylation sites is 1. The molecule has 230 valence electrons. The number of fused-ring (bicyclic) bond motifs is 6. The van der Waals surface area contributed by atoms with E-state index in [4.69, 9.17) is 18.9 Å². The standard InChI is InChI=1S/C44H31NO3/c1-44(2)47-40-22-20-30(32-26-37(28-12-5-3-6-13-28)45-38(27-32)29-14-7-4-8-15-29)24-35(40)36-25-31(21-23-41(36)48-44)33-17-11-19-42-43(33)34-16-9-10-18-39(34)46-42/h3-27H,1-2H3. The first-order valence-corrected chi connectivity index (χ1v) is 16.2. The quantitative estimate of drug-likeness (QED) is 0.196. The summed E-state index contributed by atoms with van der Waals surface area (Å²) in [4.78, 5) is 5.09. The molecule has 0 amide bonds. The predicted octanol–water partition coefficient (Wildman–Crippen LogP) is 11.8. The van der Waals surface area contributed by atoms with E-state index in [1.54, 1.807) is 0 Å². The molecule has 4 heteroatoms. The summed E-state index contributed by atoms with van der Waals surface area (Å²) in [6.45, 7) is 3.90. The van der Waals surface area contributed by atoms with Crippen molar-refractivity contribution in [2.24, 2.45) is 0 Å². The van der Waals surface area contributed by atoms with E-state index in [1.807, 2.05) is 44.2 Å². The second kappa shape index (κ2) is 11.0. The molecule has 0 fully saturated rings. The fourth-order valence-corrected chi connectivity index (χ4v) is 6.78. The van der Waals surface area contributed by atoms with Crippen molar-refractivity contribution in [3.05, 3.63) is 152 Å². The fraction of sp³-hybridized carbons (Fsp3) is 0.0682. The highest BCUT2D eigenvalue weighted by Gasteiger charge is 2.30. The van der Waals surface area contributed by atoms with Gasteiger partial charge in [0, 0.05) is 46.9 Å². The highest BCUT2D eigenvalue weighted by molar-refractivity contribution is 6.12. The Kier molecular flexibility index (Phi) is 6.44. The zero-order valence-corrected chi connectivity index (χ0v) is 26.6. The third-order valence-corrected chi connectivity index (χ3v) is 8.97. The predicted molar refractivity (Wildman–Crippen MR) is 194 cm³/mol. The number of benzene rings is 6. The largest absolute Gasteiger partial charge is 0.456 e. The average molecular weight is 622 g/mol. The van der Waals surface area contributed by atoms with Crippen molar-refractivity contribution in [1.29, 1.82) is 0 Å². The number of ether oxygens (including phenoxy) is 2. The molecule has 0 saturated carbocycles. The van der Waals surface area contributed by atoms with Crippen LogP contribution in [0.15, 0.2) is 156 Å². The second-order valence-electron chi connectivity index (χ2n) is 12.7. The number of nitrogens with zero attached hydrogens (tertiary/aromatic N) is 1. The van der Waals surface area contributed by atoms with Crippen LogP contribution in [0.1, 0.15) is 13.8 Å². The average Bonchev–Trinajstić information content (AvgIpc) is 3.46. The third-order valence-electron chi connectivity index (χ3n) is 8.97. The van der Waals surface area contributed by atoms with Crippen LogP contribution >= 0.6 is 0 Å². The van der Waals surface area contributed by atoms with Crippen LogP contribution in [0.4, 0.5) is 0 Å². The van der Waals surface area contributed by atoms with Gasteiger partial charge in [0.15, 0.2) is 0 Å². The molecule has 0 atom stereocenters. The summed E-state index contributed by atoms with van der Waals surface area (Å²) >= 11 is 0. The van der Waals surface area contributed by atoms with Crippen molar-refractivity contribution in [3.63, 3.8) is 0 Å². The molecule has 0 saturated heterocycles. The molecule has 48 heavy (non-hydrogen) atoms. The molecule has 8 aromatic rings. The molecular weight excluding hydrogens is 590 g/mol. The molecule has 4 nitrogen and oxygen atoms in total. The van der Waals surface area contributed by atoms with Crippen LogP contribution < -0.4 is 9.47 Å². The van der Waals surface area contributed by atoms with Crippen molar-refractivity contribution in [3.8, 4) is 67.4 Å². The first-order chi connectivity index (χ1) is 23.5. The van der Waals surface area contributed by atoms with Gasteiger partial charge in [-0.25, -0.2) is 4.98 Å². The Morgan fingerprint density at radius 2 is 1.00 bits per heavy atom. The number of aromatic nitrogens is 1. The minimum absolute atomic E-state index is 0.771. The summed E-state index contributed by atoms with van der Waals surface area (Å²) in [6.07, 6.45) is 0. The molecule has 1 aliphatic heterocycles. The van der Waals surface area contributed by atoms with Crippen LogP contribution in [0.5, 0.6) is 11.5 Å². The van der Waals surface area contributed by atoms with Crippen LogP contribution in [0, 0.1) is 0 Å². The Balaban J connectivity index is 1.24. The summed E-state index contributed by atoms with van der Waals surface area (Å²) < 4.78 is 19.3. The van der Waals surface area contributed by atoms with Gasteiger partial charge in [-0.05, 0) is 70.8 Å². The van der Waals surface area contributed by atoms with Crippen LogP contribution in [0.2, 0.25) is 0 Å². The van der Waals surface area contributed by atoms with Gasteiger partial charge in [-0.2, -0.15) is 0 Å². The van der Waals surface area contributed by atoms with Crippen molar-refractivity contribution < 1.29 is 13.9 Å². The van der Waals surface area contributed by atoms with Crippen LogP contribution in [0.3, 0.4) is 0 Å².